The van der Waals surface area contributed by atoms with Gasteiger partial charge in [0.2, 0.25) is 0 Å². The molecule has 0 unspecified atom stereocenters. The SMILES string of the molecule is C=Cc1cccc(Oc2cccc3ccccc23)c1O. The quantitative estimate of drug-likeness (QED) is 0.721. The van der Waals surface area contributed by atoms with Gasteiger partial charge in [0.15, 0.2) is 11.5 Å². The molecule has 3 aromatic carbocycles. The van der Waals surface area contributed by atoms with E-state index in [0.717, 1.165) is 16.5 Å². The Bertz CT molecular complexity index is 770. The van der Waals surface area contributed by atoms with Crippen LogP contribution in [0.2, 0.25) is 0 Å². The van der Waals surface area contributed by atoms with E-state index in [1.807, 2.05) is 48.5 Å². The van der Waals surface area contributed by atoms with Crippen molar-refractivity contribution in [3.63, 3.8) is 0 Å². The minimum absolute atomic E-state index is 0.107. The maximum absolute atomic E-state index is 10.1. The van der Waals surface area contributed by atoms with E-state index in [-0.39, 0.29) is 5.75 Å². The molecule has 0 fully saturated rings. The Morgan fingerprint density at radius 2 is 1.55 bits per heavy atom. The van der Waals surface area contributed by atoms with E-state index in [4.69, 9.17) is 4.74 Å². The van der Waals surface area contributed by atoms with Gasteiger partial charge in [0.05, 0.1) is 0 Å². The van der Waals surface area contributed by atoms with E-state index in [2.05, 4.69) is 6.58 Å². The summed E-state index contributed by atoms with van der Waals surface area (Å²) >= 11 is 0. The molecular weight excluding hydrogens is 248 g/mol. The summed E-state index contributed by atoms with van der Waals surface area (Å²) in [5, 5.41) is 12.2. The van der Waals surface area contributed by atoms with Crippen molar-refractivity contribution < 1.29 is 9.84 Å². The average Bonchev–Trinajstić information content (AvgIpc) is 2.50. The minimum Gasteiger partial charge on any atom is -0.504 e. The highest BCUT2D eigenvalue weighted by Gasteiger charge is 2.08. The van der Waals surface area contributed by atoms with Crippen LogP contribution < -0.4 is 4.74 Å². The predicted molar refractivity (Wildman–Crippen MR) is 82.2 cm³/mol. The van der Waals surface area contributed by atoms with Gasteiger partial charge in [-0.15, -0.1) is 0 Å². The highest BCUT2D eigenvalue weighted by Crippen LogP contribution is 2.36. The smallest absolute Gasteiger partial charge is 0.169 e. The van der Waals surface area contributed by atoms with Crippen molar-refractivity contribution in [2.24, 2.45) is 0 Å². The van der Waals surface area contributed by atoms with Gasteiger partial charge in [-0.2, -0.15) is 0 Å². The first-order valence-electron chi connectivity index (χ1n) is 6.39. The lowest BCUT2D eigenvalue weighted by Gasteiger charge is -2.11. The van der Waals surface area contributed by atoms with Crippen molar-refractivity contribution in [2.45, 2.75) is 0 Å². The normalized spacial score (nSPS) is 10.4. The van der Waals surface area contributed by atoms with E-state index in [0.29, 0.717) is 11.3 Å². The summed E-state index contributed by atoms with van der Waals surface area (Å²) in [5.74, 6) is 1.26. The van der Waals surface area contributed by atoms with Gasteiger partial charge in [-0.05, 0) is 17.5 Å². The van der Waals surface area contributed by atoms with Crippen molar-refractivity contribution in [2.75, 3.05) is 0 Å². The van der Waals surface area contributed by atoms with E-state index < -0.39 is 0 Å². The first-order valence-corrected chi connectivity index (χ1v) is 6.39. The molecular formula is C18H14O2. The Balaban J connectivity index is 2.08. The second-order valence-corrected chi connectivity index (χ2v) is 4.48. The first-order chi connectivity index (χ1) is 9.79. The molecule has 0 atom stereocenters. The molecule has 2 nitrogen and oxygen atoms in total. The van der Waals surface area contributed by atoms with Crippen LogP contribution in [0.4, 0.5) is 0 Å². The summed E-state index contributed by atoms with van der Waals surface area (Å²) in [4.78, 5) is 0. The molecule has 0 radical (unpaired) electrons. The monoisotopic (exact) mass is 262 g/mol. The van der Waals surface area contributed by atoms with Gasteiger partial charge in [-0.3, -0.25) is 0 Å². The van der Waals surface area contributed by atoms with Crippen molar-refractivity contribution in [1.82, 2.24) is 0 Å². The fourth-order valence-electron chi connectivity index (χ4n) is 2.19. The Hall–Kier alpha value is -2.74. The average molecular weight is 262 g/mol. The van der Waals surface area contributed by atoms with E-state index in [1.54, 1.807) is 18.2 Å². The molecule has 0 aromatic heterocycles. The number of para-hydroxylation sites is 1. The molecule has 20 heavy (non-hydrogen) atoms. The van der Waals surface area contributed by atoms with Crippen LogP contribution in [0, 0.1) is 0 Å². The molecule has 98 valence electrons. The van der Waals surface area contributed by atoms with Gasteiger partial charge < -0.3 is 9.84 Å². The Kier molecular flexibility index (Phi) is 3.13. The van der Waals surface area contributed by atoms with Gasteiger partial charge in [0.1, 0.15) is 5.75 Å². The minimum atomic E-state index is 0.107. The van der Waals surface area contributed by atoms with E-state index in [1.165, 1.54) is 0 Å². The van der Waals surface area contributed by atoms with Crippen LogP contribution in [0.3, 0.4) is 0 Å². The number of phenolic OH excluding ortho intramolecular Hbond substituents is 1. The van der Waals surface area contributed by atoms with Gasteiger partial charge in [-0.25, -0.2) is 0 Å². The number of benzene rings is 3. The van der Waals surface area contributed by atoms with Crippen LogP contribution in [-0.4, -0.2) is 5.11 Å². The summed E-state index contributed by atoms with van der Waals surface area (Å²) in [6.45, 7) is 3.67. The zero-order valence-electron chi connectivity index (χ0n) is 10.9. The molecule has 0 heterocycles. The first kappa shape index (κ1) is 12.3. The van der Waals surface area contributed by atoms with Crippen LogP contribution >= 0.6 is 0 Å². The summed E-state index contributed by atoms with van der Waals surface area (Å²) in [5.41, 5.74) is 0.655. The van der Waals surface area contributed by atoms with Crippen molar-refractivity contribution in [3.8, 4) is 17.2 Å². The zero-order valence-corrected chi connectivity index (χ0v) is 10.9. The molecule has 0 amide bonds. The lowest BCUT2D eigenvalue weighted by molar-refractivity contribution is 0.413. The summed E-state index contributed by atoms with van der Waals surface area (Å²) < 4.78 is 5.87. The van der Waals surface area contributed by atoms with Gasteiger partial charge >= 0.3 is 0 Å². The maximum atomic E-state index is 10.1. The van der Waals surface area contributed by atoms with E-state index >= 15 is 0 Å². The zero-order chi connectivity index (χ0) is 13.9. The second-order valence-electron chi connectivity index (χ2n) is 4.48. The highest BCUT2D eigenvalue weighted by molar-refractivity contribution is 5.88. The third kappa shape index (κ3) is 2.12. The lowest BCUT2D eigenvalue weighted by atomic mass is 10.1. The Labute approximate surface area is 117 Å². The molecule has 0 spiro atoms. The summed E-state index contributed by atoms with van der Waals surface area (Å²) in [6, 6.07) is 19.2. The van der Waals surface area contributed by atoms with Gasteiger partial charge in [0, 0.05) is 10.9 Å². The molecule has 3 rings (SSSR count). The Morgan fingerprint density at radius 3 is 2.40 bits per heavy atom. The molecule has 0 bridgehead atoms. The van der Waals surface area contributed by atoms with Crippen molar-refractivity contribution in [3.05, 3.63) is 72.8 Å². The molecule has 0 aliphatic rings. The molecule has 0 aliphatic carbocycles. The standard InChI is InChI=1S/C18H14O2/c1-2-13-8-5-12-17(18(13)19)20-16-11-6-9-14-7-3-4-10-15(14)16/h2-12,19H,1H2. The van der Waals surface area contributed by atoms with Gasteiger partial charge in [-0.1, -0.05) is 61.2 Å². The fourth-order valence-corrected chi connectivity index (χ4v) is 2.19. The molecule has 0 aliphatic heterocycles. The van der Waals surface area contributed by atoms with Crippen LogP contribution in [0.1, 0.15) is 5.56 Å². The number of fused-ring (bicyclic) bond motifs is 1. The van der Waals surface area contributed by atoms with Gasteiger partial charge in [0.25, 0.3) is 0 Å². The number of hydrogen-bond donors (Lipinski definition) is 1. The third-order valence-corrected chi connectivity index (χ3v) is 3.22. The fraction of sp³-hybridized carbons (Fsp3) is 0. The second kappa shape index (κ2) is 5.10. The molecule has 1 N–H and O–H groups in total. The predicted octanol–water partition coefficient (Wildman–Crippen LogP) is 4.98. The number of hydrogen-bond acceptors (Lipinski definition) is 2. The molecule has 0 saturated carbocycles. The topological polar surface area (TPSA) is 29.5 Å². The van der Waals surface area contributed by atoms with E-state index in [9.17, 15) is 5.11 Å². The van der Waals surface area contributed by atoms with Crippen molar-refractivity contribution >= 4 is 16.8 Å². The van der Waals surface area contributed by atoms with Crippen LogP contribution in [0.15, 0.2) is 67.2 Å². The van der Waals surface area contributed by atoms with Crippen LogP contribution in [0.25, 0.3) is 16.8 Å². The number of ether oxygens (including phenoxy) is 1. The van der Waals surface area contributed by atoms with Crippen LogP contribution in [0.5, 0.6) is 17.2 Å². The number of rotatable bonds is 3. The largest absolute Gasteiger partial charge is 0.504 e. The summed E-state index contributed by atoms with van der Waals surface area (Å²) in [6.07, 6.45) is 1.60. The molecule has 2 heteroatoms. The third-order valence-electron chi connectivity index (χ3n) is 3.22. The molecule has 0 saturated heterocycles. The Morgan fingerprint density at radius 1 is 0.850 bits per heavy atom. The lowest BCUT2D eigenvalue weighted by Crippen LogP contribution is -1.87. The number of aromatic hydroxyl groups is 1. The van der Waals surface area contributed by atoms with Crippen molar-refractivity contribution in [1.29, 1.82) is 0 Å². The van der Waals surface area contributed by atoms with Crippen LogP contribution in [-0.2, 0) is 0 Å². The number of phenols is 1. The maximum Gasteiger partial charge on any atom is 0.169 e. The summed E-state index contributed by atoms with van der Waals surface area (Å²) in [7, 11) is 0. The molecule has 3 aromatic rings. The highest BCUT2D eigenvalue weighted by atomic mass is 16.5.